The van der Waals surface area contributed by atoms with E-state index in [0.29, 0.717) is 11.5 Å². The lowest BCUT2D eigenvalue weighted by molar-refractivity contribution is -0.123. The summed E-state index contributed by atoms with van der Waals surface area (Å²) in [5, 5.41) is 0. The summed E-state index contributed by atoms with van der Waals surface area (Å²) in [7, 11) is 0. The van der Waals surface area contributed by atoms with Crippen LogP contribution in [-0.2, 0) is 11.4 Å². The molecule has 2 N–H and O–H groups in total. The second-order valence-corrected chi connectivity index (χ2v) is 4.64. The Labute approximate surface area is 126 Å². The molecule has 0 heterocycles. The molecule has 0 aromatic heterocycles. The Kier molecular flexibility index (Phi) is 4.93. The van der Waals surface area contributed by atoms with Crippen molar-refractivity contribution >= 4 is 5.91 Å². The minimum Gasteiger partial charge on any atom is -0.489 e. The van der Waals surface area contributed by atoms with E-state index in [1.165, 1.54) is 12.1 Å². The number of amides is 1. The van der Waals surface area contributed by atoms with Gasteiger partial charge in [0.1, 0.15) is 18.1 Å². The Hall–Kier alpha value is -2.63. The average molecular weight is 307 g/mol. The molecule has 0 saturated heterocycles. The monoisotopic (exact) mass is 307 g/mol. The number of carbonyl (C=O) groups is 1. The van der Waals surface area contributed by atoms with Gasteiger partial charge in [0.05, 0.1) is 0 Å². The third-order valence-corrected chi connectivity index (χ3v) is 2.96. The van der Waals surface area contributed by atoms with Crippen LogP contribution < -0.4 is 15.2 Å². The number of halogens is 2. The molecule has 116 valence electrons. The zero-order valence-corrected chi connectivity index (χ0v) is 11.9. The smallest absolute Gasteiger partial charge is 0.258 e. The second-order valence-electron chi connectivity index (χ2n) is 4.64. The van der Waals surface area contributed by atoms with Crippen molar-refractivity contribution in [3.05, 3.63) is 59.7 Å². The number of benzene rings is 2. The first-order chi connectivity index (χ1) is 10.5. The van der Waals surface area contributed by atoms with Crippen molar-refractivity contribution in [1.82, 2.24) is 0 Å². The maximum absolute atomic E-state index is 13.5. The van der Waals surface area contributed by atoms with Gasteiger partial charge >= 0.3 is 0 Å². The summed E-state index contributed by atoms with van der Waals surface area (Å²) >= 11 is 0. The van der Waals surface area contributed by atoms with Crippen LogP contribution in [0.25, 0.3) is 0 Å². The third kappa shape index (κ3) is 3.94. The lowest BCUT2D eigenvalue weighted by Crippen LogP contribution is -2.30. The highest BCUT2D eigenvalue weighted by atomic mass is 19.2. The molecule has 0 radical (unpaired) electrons. The van der Waals surface area contributed by atoms with Crippen molar-refractivity contribution in [1.29, 1.82) is 0 Å². The first-order valence-electron chi connectivity index (χ1n) is 6.59. The van der Waals surface area contributed by atoms with Gasteiger partial charge in [-0.2, -0.15) is 0 Å². The molecule has 2 aromatic carbocycles. The van der Waals surface area contributed by atoms with Crippen LogP contribution in [0, 0.1) is 11.6 Å². The zero-order valence-electron chi connectivity index (χ0n) is 11.9. The van der Waals surface area contributed by atoms with Gasteiger partial charge in [0.15, 0.2) is 17.7 Å². The van der Waals surface area contributed by atoms with E-state index in [0.717, 1.165) is 6.07 Å². The van der Waals surface area contributed by atoms with Gasteiger partial charge in [-0.25, -0.2) is 8.78 Å². The summed E-state index contributed by atoms with van der Waals surface area (Å²) in [6.45, 7) is 1.45. The van der Waals surface area contributed by atoms with E-state index in [4.69, 9.17) is 15.2 Å². The molecule has 0 aliphatic heterocycles. The van der Waals surface area contributed by atoms with Crippen LogP contribution in [0.15, 0.2) is 42.5 Å². The van der Waals surface area contributed by atoms with Crippen LogP contribution in [-0.4, -0.2) is 12.0 Å². The predicted octanol–water partition coefficient (Wildman–Crippen LogP) is 2.80. The van der Waals surface area contributed by atoms with Gasteiger partial charge < -0.3 is 15.2 Å². The molecule has 6 heteroatoms. The normalized spacial score (nSPS) is 11.8. The van der Waals surface area contributed by atoms with Gasteiger partial charge in [0, 0.05) is 5.56 Å². The molecule has 1 atom stereocenters. The second kappa shape index (κ2) is 6.89. The molecule has 0 bridgehead atoms. The van der Waals surface area contributed by atoms with E-state index < -0.39 is 23.6 Å². The minimum absolute atomic E-state index is 0.0957. The quantitative estimate of drug-likeness (QED) is 0.892. The summed E-state index contributed by atoms with van der Waals surface area (Å²) in [5.41, 5.74) is 5.22. The lowest BCUT2D eigenvalue weighted by atomic mass is 10.2. The highest BCUT2D eigenvalue weighted by molar-refractivity contribution is 5.78. The van der Waals surface area contributed by atoms with Crippen LogP contribution in [0.2, 0.25) is 0 Å². The first-order valence-corrected chi connectivity index (χ1v) is 6.59. The van der Waals surface area contributed by atoms with Crippen molar-refractivity contribution in [3.63, 3.8) is 0 Å². The van der Waals surface area contributed by atoms with E-state index in [-0.39, 0.29) is 12.2 Å². The van der Waals surface area contributed by atoms with Crippen LogP contribution in [0.5, 0.6) is 11.5 Å². The van der Waals surface area contributed by atoms with Crippen molar-refractivity contribution in [3.8, 4) is 11.5 Å². The largest absolute Gasteiger partial charge is 0.489 e. The van der Waals surface area contributed by atoms with Crippen molar-refractivity contribution in [2.45, 2.75) is 19.6 Å². The molecule has 22 heavy (non-hydrogen) atoms. The summed E-state index contributed by atoms with van der Waals surface area (Å²) in [4.78, 5) is 10.9. The molecule has 0 aliphatic rings. The molecule has 0 spiro atoms. The maximum Gasteiger partial charge on any atom is 0.258 e. The van der Waals surface area contributed by atoms with E-state index in [1.54, 1.807) is 31.2 Å². The predicted molar refractivity (Wildman–Crippen MR) is 76.4 cm³/mol. The van der Waals surface area contributed by atoms with Crippen molar-refractivity contribution < 1.29 is 23.0 Å². The van der Waals surface area contributed by atoms with Crippen LogP contribution in [0.4, 0.5) is 8.78 Å². The van der Waals surface area contributed by atoms with Crippen LogP contribution in [0.3, 0.4) is 0 Å². The topological polar surface area (TPSA) is 61.6 Å². The fourth-order valence-corrected chi connectivity index (χ4v) is 1.70. The van der Waals surface area contributed by atoms with Gasteiger partial charge in [0.2, 0.25) is 0 Å². The fourth-order valence-electron chi connectivity index (χ4n) is 1.70. The minimum atomic E-state index is -0.919. The van der Waals surface area contributed by atoms with E-state index in [9.17, 15) is 13.6 Å². The standard InChI is InChI=1S/C16H15F2NO3/c1-10(16(19)20)22-13-7-5-12(6-8-13)21-9-11-3-2-4-14(17)15(11)18/h2-8,10H,9H2,1H3,(H2,19,20)/t10-/m0/s1. The maximum atomic E-state index is 13.5. The number of ether oxygens (including phenoxy) is 2. The van der Waals surface area contributed by atoms with Crippen LogP contribution >= 0.6 is 0 Å². The number of rotatable bonds is 6. The summed E-state index contributed by atoms with van der Waals surface area (Å²) < 4.78 is 37.2. The first kappa shape index (κ1) is 15.8. The number of primary amides is 1. The molecule has 0 fully saturated rings. The molecule has 2 rings (SSSR count). The Morgan fingerprint density at radius 1 is 1.14 bits per heavy atom. The van der Waals surface area contributed by atoms with Gasteiger partial charge in [-0.15, -0.1) is 0 Å². The molecule has 0 aliphatic carbocycles. The zero-order chi connectivity index (χ0) is 16.1. The molecule has 2 aromatic rings. The highest BCUT2D eigenvalue weighted by Gasteiger charge is 2.10. The molecule has 0 saturated carbocycles. The van der Waals surface area contributed by atoms with Crippen molar-refractivity contribution in [2.75, 3.05) is 0 Å². The van der Waals surface area contributed by atoms with Gasteiger partial charge in [-0.05, 0) is 37.3 Å². The molecule has 0 unspecified atom stereocenters. The van der Waals surface area contributed by atoms with E-state index in [1.807, 2.05) is 0 Å². The van der Waals surface area contributed by atoms with Gasteiger partial charge in [0.25, 0.3) is 5.91 Å². The average Bonchev–Trinajstić information content (AvgIpc) is 2.50. The van der Waals surface area contributed by atoms with E-state index >= 15 is 0 Å². The van der Waals surface area contributed by atoms with Gasteiger partial charge in [-0.3, -0.25) is 4.79 Å². The molecular formula is C16H15F2NO3. The summed E-state index contributed by atoms with van der Waals surface area (Å²) in [6, 6.07) is 10.3. The Balaban J connectivity index is 1.97. The Morgan fingerprint density at radius 3 is 2.41 bits per heavy atom. The van der Waals surface area contributed by atoms with Gasteiger partial charge in [-0.1, -0.05) is 12.1 Å². The fraction of sp³-hybridized carbons (Fsp3) is 0.188. The highest BCUT2D eigenvalue weighted by Crippen LogP contribution is 2.20. The summed E-state index contributed by atoms with van der Waals surface area (Å²) in [6.07, 6.45) is -0.742. The van der Waals surface area contributed by atoms with Crippen LogP contribution in [0.1, 0.15) is 12.5 Å². The number of nitrogens with two attached hydrogens (primary N) is 1. The number of hydrogen-bond acceptors (Lipinski definition) is 3. The molecule has 4 nitrogen and oxygen atoms in total. The molecule has 1 amide bonds. The number of hydrogen-bond donors (Lipinski definition) is 1. The van der Waals surface area contributed by atoms with E-state index in [2.05, 4.69) is 0 Å². The lowest BCUT2D eigenvalue weighted by Gasteiger charge is -2.12. The molecular weight excluding hydrogens is 292 g/mol. The summed E-state index contributed by atoms with van der Waals surface area (Å²) in [5.74, 6) is -1.48. The SMILES string of the molecule is C[C@H](Oc1ccc(OCc2cccc(F)c2F)cc1)C(N)=O. The third-order valence-electron chi connectivity index (χ3n) is 2.96. The number of carbonyl (C=O) groups excluding carboxylic acids is 1. The Morgan fingerprint density at radius 2 is 1.77 bits per heavy atom. The van der Waals surface area contributed by atoms with Crippen molar-refractivity contribution in [2.24, 2.45) is 5.73 Å². The Bertz CT molecular complexity index is 659.